The Labute approximate surface area is 94.6 Å². The first kappa shape index (κ1) is 11.9. The zero-order valence-corrected chi connectivity index (χ0v) is 8.64. The third kappa shape index (κ3) is 2.11. The number of amides is 1. The average Bonchev–Trinajstić information content (AvgIpc) is 2.97. The van der Waals surface area contributed by atoms with Gasteiger partial charge in [0.15, 0.2) is 0 Å². The lowest BCUT2D eigenvalue weighted by Crippen LogP contribution is -2.28. The highest BCUT2D eigenvalue weighted by molar-refractivity contribution is 5.52. The number of carbonyl (C=O) groups is 1. The fraction of sp³-hybridized carbons (Fsp3) is 0.364. The summed E-state index contributed by atoms with van der Waals surface area (Å²) in [6.07, 6.45) is -3.06. The Hall–Kier alpha value is -1.59. The van der Waals surface area contributed by atoms with Gasteiger partial charge in [-0.15, -0.1) is 0 Å². The zero-order chi connectivity index (χ0) is 12.7. The molecular weight excluding hydrogens is 238 g/mol. The molecule has 1 aromatic carbocycles. The second-order valence-electron chi connectivity index (χ2n) is 4.04. The molecule has 17 heavy (non-hydrogen) atoms. The van der Waals surface area contributed by atoms with Crippen LogP contribution in [0.25, 0.3) is 0 Å². The summed E-state index contributed by atoms with van der Waals surface area (Å²) in [5.74, 6) is -0.938. The van der Waals surface area contributed by atoms with Gasteiger partial charge in [-0.25, -0.2) is 4.39 Å². The predicted octanol–water partition coefficient (Wildman–Crippen LogP) is 2.58. The van der Waals surface area contributed by atoms with Gasteiger partial charge in [0.05, 0.1) is 11.1 Å². The van der Waals surface area contributed by atoms with Crippen molar-refractivity contribution in [2.24, 2.45) is 0 Å². The number of hydrogen-bond acceptors (Lipinski definition) is 1. The summed E-state index contributed by atoms with van der Waals surface area (Å²) in [5.41, 5.74) is -1.73. The van der Waals surface area contributed by atoms with E-state index in [0.717, 1.165) is 12.1 Å². The molecule has 2 nitrogen and oxygen atoms in total. The first-order valence-corrected chi connectivity index (χ1v) is 4.98. The summed E-state index contributed by atoms with van der Waals surface area (Å²) in [4.78, 5) is 10.4. The summed E-state index contributed by atoms with van der Waals surface area (Å²) in [5, 5.41) is 2.45. The van der Waals surface area contributed by atoms with Crippen molar-refractivity contribution in [1.29, 1.82) is 0 Å². The fourth-order valence-corrected chi connectivity index (χ4v) is 1.81. The SMILES string of the molecule is O=CNC1(c2ccc(C(F)(F)F)cc2F)CC1. The first-order chi connectivity index (χ1) is 7.89. The van der Waals surface area contributed by atoms with Crippen LogP contribution in [0.15, 0.2) is 18.2 Å². The molecule has 2 rings (SSSR count). The van der Waals surface area contributed by atoms with Crippen molar-refractivity contribution in [2.45, 2.75) is 24.6 Å². The van der Waals surface area contributed by atoms with Crippen LogP contribution < -0.4 is 5.32 Å². The van der Waals surface area contributed by atoms with E-state index in [1.54, 1.807) is 0 Å². The van der Waals surface area contributed by atoms with Crippen LogP contribution in [0.3, 0.4) is 0 Å². The molecule has 1 aliphatic rings. The average molecular weight is 247 g/mol. The lowest BCUT2D eigenvalue weighted by Gasteiger charge is -2.16. The van der Waals surface area contributed by atoms with E-state index in [4.69, 9.17) is 0 Å². The minimum atomic E-state index is -4.56. The molecule has 1 amide bonds. The van der Waals surface area contributed by atoms with Gasteiger partial charge < -0.3 is 5.32 Å². The summed E-state index contributed by atoms with van der Waals surface area (Å²) < 4.78 is 50.5. The number of nitrogens with one attached hydrogen (secondary N) is 1. The normalized spacial score (nSPS) is 17.6. The molecule has 0 atom stereocenters. The Balaban J connectivity index is 2.36. The molecule has 0 aromatic heterocycles. The maximum absolute atomic E-state index is 13.6. The largest absolute Gasteiger partial charge is 0.416 e. The predicted molar refractivity (Wildman–Crippen MR) is 51.5 cm³/mol. The van der Waals surface area contributed by atoms with Gasteiger partial charge in [0.1, 0.15) is 5.82 Å². The summed E-state index contributed by atoms with van der Waals surface area (Å²) >= 11 is 0. The highest BCUT2D eigenvalue weighted by atomic mass is 19.4. The maximum atomic E-state index is 13.6. The molecule has 0 radical (unpaired) electrons. The number of halogens is 4. The van der Waals surface area contributed by atoms with Gasteiger partial charge in [-0.05, 0) is 25.0 Å². The van der Waals surface area contributed by atoms with Gasteiger partial charge in [-0.3, -0.25) is 4.79 Å². The number of benzene rings is 1. The minimum Gasteiger partial charge on any atom is -0.349 e. The number of hydrogen-bond donors (Lipinski definition) is 1. The van der Waals surface area contributed by atoms with Crippen molar-refractivity contribution < 1.29 is 22.4 Å². The summed E-state index contributed by atoms with van der Waals surface area (Å²) in [7, 11) is 0. The van der Waals surface area contributed by atoms with E-state index >= 15 is 0 Å². The Kier molecular flexibility index (Phi) is 2.60. The van der Waals surface area contributed by atoms with Crippen molar-refractivity contribution in [2.75, 3.05) is 0 Å². The van der Waals surface area contributed by atoms with Crippen LogP contribution in [-0.2, 0) is 16.5 Å². The van der Waals surface area contributed by atoms with Gasteiger partial charge in [-0.2, -0.15) is 13.2 Å². The molecule has 0 bridgehead atoms. The van der Waals surface area contributed by atoms with Crippen LogP contribution >= 0.6 is 0 Å². The Morgan fingerprint density at radius 2 is 1.94 bits per heavy atom. The van der Waals surface area contributed by atoms with E-state index in [1.807, 2.05) is 0 Å². The monoisotopic (exact) mass is 247 g/mol. The Morgan fingerprint density at radius 1 is 1.29 bits per heavy atom. The van der Waals surface area contributed by atoms with Crippen LogP contribution in [-0.4, -0.2) is 6.41 Å². The molecule has 0 aliphatic heterocycles. The van der Waals surface area contributed by atoms with Crippen LogP contribution in [0.4, 0.5) is 17.6 Å². The van der Waals surface area contributed by atoms with Gasteiger partial charge in [0.2, 0.25) is 6.41 Å². The summed E-state index contributed by atoms with van der Waals surface area (Å²) in [6, 6.07) is 2.37. The van der Waals surface area contributed by atoms with E-state index in [1.165, 1.54) is 0 Å². The number of rotatable bonds is 3. The molecule has 0 spiro atoms. The maximum Gasteiger partial charge on any atom is 0.416 e. The molecule has 6 heteroatoms. The second kappa shape index (κ2) is 3.72. The molecule has 1 aliphatic carbocycles. The Bertz CT molecular complexity index is 451. The lowest BCUT2D eigenvalue weighted by atomic mass is 10.0. The quantitative estimate of drug-likeness (QED) is 0.645. The standard InChI is InChI=1S/C11H9F4NO/c12-9-5-7(11(13,14)15)1-2-8(9)10(3-4-10)16-6-17/h1-2,5-6H,3-4H2,(H,16,17). The molecule has 0 unspecified atom stereocenters. The third-order valence-corrected chi connectivity index (χ3v) is 2.90. The van der Waals surface area contributed by atoms with Crippen LogP contribution in [0.5, 0.6) is 0 Å². The highest BCUT2D eigenvalue weighted by Crippen LogP contribution is 2.46. The van der Waals surface area contributed by atoms with Crippen molar-refractivity contribution in [3.05, 3.63) is 35.1 Å². The number of alkyl halides is 3. The van der Waals surface area contributed by atoms with Crippen LogP contribution in [0.1, 0.15) is 24.0 Å². The van der Waals surface area contributed by atoms with Crippen molar-refractivity contribution >= 4 is 6.41 Å². The highest BCUT2D eigenvalue weighted by Gasteiger charge is 2.46. The van der Waals surface area contributed by atoms with Gasteiger partial charge in [0, 0.05) is 5.56 Å². The van der Waals surface area contributed by atoms with E-state index in [9.17, 15) is 22.4 Å². The second-order valence-corrected chi connectivity index (χ2v) is 4.04. The molecule has 0 saturated heterocycles. The topological polar surface area (TPSA) is 29.1 Å². The van der Waals surface area contributed by atoms with Crippen molar-refractivity contribution in [3.8, 4) is 0 Å². The molecule has 92 valence electrons. The van der Waals surface area contributed by atoms with Crippen LogP contribution in [0, 0.1) is 5.82 Å². The molecule has 1 N–H and O–H groups in total. The summed E-state index contributed by atoms with van der Waals surface area (Å²) in [6.45, 7) is 0. The van der Waals surface area contributed by atoms with Crippen molar-refractivity contribution in [1.82, 2.24) is 5.32 Å². The van der Waals surface area contributed by atoms with Gasteiger partial charge in [0.25, 0.3) is 0 Å². The van der Waals surface area contributed by atoms with E-state index < -0.39 is 23.1 Å². The molecule has 1 fully saturated rings. The van der Waals surface area contributed by atoms with Crippen LogP contribution in [0.2, 0.25) is 0 Å². The fourth-order valence-electron chi connectivity index (χ4n) is 1.81. The van der Waals surface area contributed by atoms with Gasteiger partial charge in [-0.1, -0.05) is 6.07 Å². The molecular formula is C11H9F4NO. The van der Waals surface area contributed by atoms with Gasteiger partial charge >= 0.3 is 6.18 Å². The van der Waals surface area contributed by atoms with Crippen molar-refractivity contribution in [3.63, 3.8) is 0 Å². The van der Waals surface area contributed by atoms with E-state index in [2.05, 4.69) is 5.32 Å². The zero-order valence-electron chi connectivity index (χ0n) is 8.64. The molecule has 1 aromatic rings. The lowest BCUT2D eigenvalue weighted by molar-refractivity contribution is -0.137. The Morgan fingerprint density at radius 3 is 2.35 bits per heavy atom. The first-order valence-electron chi connectivity index (χ1n) is 4.98. The number of carbonyl (C=O) groups excluding carboxylic acids is 1. The smallest absolute Gasteiger partial charge is 0.349 e. The van der Waals surface area contributed by atoms with E-state index in [0.29, 0.717) is 25.3 Å². The van der Waals surface area contributed by atoms with E-state index in [-0.39, 0.29) is 5.56 Å². The molecule has 1 saturated carbocycles. The molecule has 0 heterocycles. The third-order valence-electron chi connectivity index (χ3n) is 2.90. The minimum absolute atomic E-state index is 0.109.